The Labute approximate surface area is 118 Å². The molecule has 0 aliphatic rings. The number of carbonyl (C=O) groups is 1. The molecule has 1 amide bonds. The number of nitrogens with one attached hydrogen (secondary N) is 1. The SMILES string of the molecule is CCN(CC)S(=O)(=O)NC(=O)C(C)Cc1cccs1. The van der Waals surface area contributed by atoms with Crippen LogP contribution >= 0.6 is 11.3 Å². The number of amides is 1. The molecule has 1 heterocycles. The predicted molar refractivity (Wildman–Crippen MR) is 77.2 cm³/mol. The van der Waals surface area contributed by atoms with E-state index in [-0.39, 0.29) is 5.92 Å². The van der Waals surface area contributed by atoms with Gasteiger partial charge in [0.25, 0.3) is 0 Å². The summed E-state index contributed by atoms with van der Waals surface area (Å²) in [5, 5.41) is 1.94. The average Bonchev–Trinajstić information content (AvgIpc) is 2.82. The Morgan fingerprint density at radius 1 is 1.42 bits per heavy atom. The van der Waals surface area contributed by atoms with Gasteiger partial charge in [0.1, 0.15) is 0 Å². The highest BCUT2D eigenvalue weighted by Crippen LogP contribution is 2.14. The van der Waals surface area contributed by atoms with E-state index in [1.807, 2.05) is 17.5 Å². The predicted octanol–water partition coefficient (Wildman–Crippen LogP) is 1.63. The van der Waals surface area contributed by atoms with Crippen LogP contribution in [0.3, 0.4) is 0 Å². The van der Waals surface area contributed by atoms with Crippen molar-refractivity contribution < 1.29 is 13.2 Å². The van der Waals surface area contributed by atoms with Crippen LogP contribution in [0.4, 0.5) is 0 Å². The van der Waals surface area contributed by atoms with Gasteiger partial charge in [-0.15, -0.1) is 11.3 Å². The lowest BCUT2D eigenvalue weighted by Crippen LogP contribution is -2.45. The molecule has 1 N–H and O–H groups in total. The third-order valence-electron chi connectivity index (χ3n) is 2.81. The maximum atomic E-state index is 11.9. The van der Waals surface area contributed by atoms with Gasteiger partial charge in [-0.3, -0.25) is 4.79 Å². The molecule has 19 heavy (non-hydrogen) atoms. The second-order valence-corrected chi connectivity index (χ2v) is 6.94. The van der Waals surface area contributed by atoms with Crippen LogP contribution < -0.4 is 4.72 Å². The summed E-state index contributed by atoms with van der Waals surface area (Å²) in [6, 6.07) is 3.85. The monoisotopic (exact) mass is 304 g/mol. The molecule has 108 valence electrons. The summed E-state index contributed by atoms with van der Waals surface area (Å²) in [4.78, 5) is 13.0. The van der Waals surface area contributed by atoms with Crippen molar-refractivity contribution >= 4 is 27.5 Å². The van der Waals surface area contributed by atoms with Crippen molar-refractivity contribution in [3.8, 4) is 0 Å². The Balaban J connectivity index is 2.63. The van der Waals surface area contributed by atoms with E-state index in [0.29, 0.717) is 19.5 Å². The van der Waals surface area contributed by atoms with Gasteiger partial charge in [0.15, 0.2) is 0 Å². The first-order valence-corrected chi connectivity index (χ1v) is 8.56. The van der Waals surface area contributed by atoms with Crippen LogP contribution in [-0.2, 0) is 21.4 Å². The quantitative estimate of drug-likeness (QED) is 0.832. The van der Waals surface area contributed by atoms with Crippen LogP contribution in [0.5, 0.6) is 0 Å². The number of hydrogen-bond acceptors (Lipinski definition) is 4. The summed E-state index contributed by atoms with van der Waals surface area (Å²) >= 11 is 1.56. The first kappa shape index (κ1) is 16.1. The second-order valence-electron chi connectivity index (χ2n) is 4.24. The fraction of sp³-hybridized carbons (Fsp3) is 0.583. The standard InChI is InChI=1S/C12H20N2O3S2/c1-4-14(5-2)19(16,17)13-12(15)10(3)9-11-7-6-8-18-11/h6-8,10H,4-5,9H2,1-3H3,(H,13,15). The third kappa shape index (κ3) is 4.59. The van der Waals surface area contributed by atoms with Crippen molar-refractivity contribution in [2.45, 2.75) is 27.2 Å². The lowest BCUT2D eigenvalue weighted by Gasteiger charge is -2.20. The lowest BCUT2D eigenvalue weighted by molar-refractivity contribution is -0.122. The van der Waals surface area contributed by atoms with Crippen LogP contribution in [0.2, 0.25) is 0 Å². The summed E-state index contributed by atoms with van der Waals surface area (Å²) in [6.45, 7) is 5.90. The van der Waals surface area contributed by atoms with E-state index < -0.39 is 16.1 Å². The van der Waals surface area contributed by atoms with Gasteiger partial charge in [-0.05, 0) is 17.9 Å². The van der Waals surface area contributed by atoms with Gasteiger partial charge in [0.2, 0.25) is 5.91 Å². The smallest absolute Gasteiger partial charge is 0.274 e. The second kappa shape index (κ2) is 7.02. The van der Waals surface area contributed by atoms with E-state index in [2.05, 4.69) is 4.72 Å². The number of thiophene rings is 1. The molecule has 0 aliphatic heterocycles. The number of nitrogens with zero attached hydrogens (tertiary/aromatic N) is 1. The zero-order valence-corrected chi connectivity index (χ0v) is 13.1. The molecule has 5 nitrogen and oxygen atoms in total. The molecule has 1 atom stereocenters. The van der Waals surface area contributed by atoms with Gasteiger partial charge < -0.3 is 0 Å². The Morgan fingerprint density at radius 2 is 2.05 bits per heavy atom. The molecule has 0 saturated heterocycles. The maximum absolute atomic E-state index is 11.9. The maximum Gasteiger partial charge on any atom is 0.303 e. The molecule has 1 unspecified atom stereocenters. The molecule has 1 rings (SSSR count). The van der Waals surface area contributed by atoms with Crippen LogP contribution in [0.25, 0.3) is 0 Å². The normalized spacial score (nSPS) is 13.5. The van der Waals surface area contributed by atoms with Crippen molar-refractivity contribution in [1.82, 2.24) is 9.03 Å². The number of rotatable bonds is 7. The minimum atomic E-state index is -3.71. The summed E-state index contributed by atoms with van der Waals surface area (Å²) in [6.07, 6.45) is 0.553. The zero-order chi connectivity index (χ0) is 14.5. The largest absolute Gasteiger partial charge is 0.303 e. The van der Waals surface area contributed by atoms with Gasteiger partial charge in [0.05, 0.1) is 0 Å². The van der Waals surface area contributed by atoms with Gasteiger partial charge in [-0.1, -0.05) is 26.8 Å². The zero-order valence-electron chi connectivity index (χ0n) is 11.4. The summed E-state index contributed by atoms with van der Waals surface area (Å²) in [7, 11) is -3.71. The molecule has 0 bridgehead atoms. The van der Waals surface area contributed by atoms with Crippen LogP contribution in [0.15, 0.2) is 17.5 Å². The average molecular weight is 304 g/mol. The molecule has 0 aromatic carbocycles. The van der Waals surface area contributed by atoms with Crippen molar-refractivity contribution in [3.05, 3.63) is 22.4 Å². The molecule has 1 aromatic rings. The summed E-state index contributed by atoms with van der Waals surface area (Å²) in [5.74, 6) is -0.829. The van der Waals surface area contributed by atoms with E-state index in [1.165, 1.54) is 4.31 Å². The van der Waals surface area contributed by atoms with E-state index in [4.69, 9.17) is 0 Å². The van der Waals surface area contributed by atoms with Crippen LogP contribution in [0, 0.1) is 5.92 Å². The van der Waals surface area contributed by atoms with E-state index in [1.54, 1.807) is 32.1 Å². The van der Waals surface area contributed by atoms with E-state index in [9.17, 15) is 13.2 Å². The van der Waals surface area contributed by atoms with Gasteiger partial charge in [-0.25, -0.2) is 4.72 Å². The molecule has 0 fully saturated rings. The lowest BCUT2D eigenvalue weighted by atomic mass is 10.1. The minimum absolute atomic E-state index is 0.346. The number of carbonyl (C=O) groups excluding carboxylic acids is 1. The Bertz CT molecular complexity index is 493. The first-order chi connectivity index (χ1) is 8.90. The molecule has 0 saturated carbocycles. The van der Waals surface area contributed by atoms with E-state index in [0.717, 1.165) is 4.88 Å². The molecule has 0 spiro atoms. The molecular formula is C12H20N2O3S2. The molecule has 1 aromatic heterocycles. The highest BCUT2D eigenvalue weighted by atomic mass is 32.2. The van der Waals surface area contributed by atoms with Crippen LogP contribution in [-0.4, -0.2) is 31.7 Å². The highest BCUT2D eigenvalue weighted by Gasteiger charge is 2.24. The Hall–Kier alpha value is -0.920. The molecule has 0 aliphatic carbocycles. The topological polar surface area (TPSA) is 66.5 Å². The van der Waals surface area contributed by atoms with Crippen molar-refractivity contribution in [2.24, 2.45) is 5.92 Å². The van der Waals surface area contributed by atoms with Crippen molar-refractivity contribution in [3.63, 3.8) is 0 Å². The fourth-order valence-corrected chi connectivity index (χ4v) is 3.78. The molecular weight excluding hydrogens is 284 g/mol. The highest BCUT2D eigenvalue weighted by molar-refractivity contribution is 7.87. The van der Waals surface area contributed by atoms with Gasteiger partial charge in [0, 0.05) is 23.9 Å². The fourth-order valence-electron chi connectivity index (χ4n) is 1.68. The third-order valence-corrected chi connectivity index (χ3v) is 5.36. The van der Waals surface area contributed by atoms with E-state index >= 15 is 0 Å². The van der Waals surface area contributed by atoms with Gasteiger partial charge >= 0.3 is 10.2 Å². The Kier molecular flexibility index (Phi) is 5.96. The van der Waals surface area contributed by atoms with Crippen LogP contribution in [0.1, 0.15) is 25.6 Å². The Morgan fingerprint density at radius 3 is 2.53 bits per heavy atom. The summed E-state index contributed by atoms with van der Waals surface area (Å²) < 4.78 is 27.2. The number of hydrogen-bond donors (Lipinski definition) is 1. The molecule has 0 radical (unpaired) electrons. The minimum Gasteiger partial charge on any atom is -0.274 e. The van der Waals surface area contributed by atoms with Crippen molar-refractivity contribution in [1.29, 1.82) is 0 Å². The first-order valence-electron chi connectivity index (χ1n) is 6.24. The summed E-state index contributed by atoms with van der Waals surface area (Å²) in [5.41, 5.74) is 0. The molecule has 7 heteroatoms. The van der Waals surface area contributed by atoms with Gasteiger partial charge in [-0.2, -0.15) is 12.7 Å². The van der Waals surface area contributed by atoms with Crippen molar-refractivity contribution in [2.75, 3.05) is 13.1 Å².